The summed E-state index contributed by atoms with van der Waals surface area (Å²) in [6.45, 7) is 5.48. The van der Waals surface area contributed by atoms with Crippen LogP contribution in [0.1, 0.15) is 25.3 Å². The molecule has 2 N–H and O–H groups in total. The summed E-state index contributed by atoms with van der Waals surface area (Å²) in [5.74, 6) is 0.819. The number of nitrogens with two attached hydrogens (primary N) is 1. The van der Waals surface area contributed by atoms with Crippen LogP contribution >= 0.6 is 0 Å². The van der Waals surface area contributed by atoms with Crippen molar-refractivity contribution in [2.75, 3.05) is 24.5 Å². The van der Waals surface area contributed by atoms with Crippen LogP contribution in [0.25, 0.3) is 0 Å². The molecule has 0 saturated carbocycles. The smallest absolute Gasteiger partial charge is 0.0399 e. The minimum absolute atomic E-state index is 0.737. The van der Waals surface area contributed by atoms with Crippen LogP contribution in [0.5, 0.6) is 0 Å². The predicted octanol–water partition coefficient (Wildman–Crippen LogP) is 2.42. The fourth-order valence-corrected chi connectivity index (χ4v) is 2.59. The summed E-state index contributed by atoms with van der Waals surface area (Å²) in [7, 11) is 0. The lowest BCUT2D eigenvalue weighted by atomic mass is 9.98. The molecule has 1 fully saturated rings. The lowest BCUT2D eigenvalue weighted by Crippen LogP contribution is -2.34. The molecule has 1 atom stereocenters. The number of nitrogens with zero attached hydrogens (tertiary/aromatic N) is 1. The molecule has 1 saturated heterocycles. The Morgan fingerprint density at radius 3 is 2.94 bits per heavy atom. The fraction of sp³-hybridized carbons (Fsp3) is 0.571. The van der Waals surface area contributed by atoms with Gasteiger partial charge in [0.15, 0.2) is 0 Å². The zero-order valence-corrected chi connectivity index (χ0v) is 10.2. The Bertz CT molecular complexity index is 335. The van der Waals surface area contributed by atoms with Crippen LogP contribution in [0.15, 0.2) is 24.3 Å². The zero-order valence-electron chi connectivity index (χ0n) is 10.2. The van der Waals surface area contributed by atoms with E-state index in [4.69, 9.17) is 5.73 Å². The van der Waals surface area contributed by atoms with E-state index in [0.717, 1.165) is 18.9 Å². The largest absolute Gasteiger partial charge is 0.371 e. The highest BCUT2D eigenvalue weighted by molar-refractivity contribution is 5.54. The summed E-state index contributed by atoms with van der Waals surface area (Å²) < 4.78 is 0. The number of hydrogen-bond donors (Lipinski definition) is 1. The van der Waals surface area contributed by atoms with E-state index in [9.17, 15) is 0 Å². The Hall–Kier alpha value is -1.02. The molecule has 1 aromatic carbocycles. The van der Waals surface area contributed by atoms with Crippen molar-refractivity contribution in [2.45, 2.75) is 26.2 Å². The van der Waals surface area contributed by atoms with E-state index in [2.05, 4.69) is 36.1 Å². The standard InChI is InChI=1S/C14H22N2/c1-12-5-4-10-16(11-12)14-7-3-2-6-13(14)8-9-15/h2-3,6-7,12H,4-5,8-11,15H2,1H3. The summed E-state index contributed by atoms with van der Waals surface area (Å²) in [5, 5.41) is 0. The van der Waals surface area contributed by atoms with Crippen LogP contribution in [0.4, 0.5) is 5.69 Å². The van der Waals surface area contributed by atoms with Gasteiger partial charge in [-0.2, -0.15) is 0 Å². The van der Waals surface area contributed by atoms with Gasteiger partial charge >= 0.3 is 0 Å². The van der Waals surface area contributed by atoms with Gasteiger partial charge in [0.25, 0.3) is 0 Å². The zero-order chi connectivity index (χ0) is 11.4. The van der Waals surface area contributed by atoms with E-state index in [0.29, 0.717) is 0 Å². The Morgan fingerprint density at radius 2 is 2.19 bits per heavy atom. The molecule has 88 valence electrons. The first-order valence-corrected chi connectivity index (χ1v) is 6.34. The summed E-state index contributed by atoms with van der Waals surface area (Å²) in [4.78, 5) is 2.53. The van der Waals surface area contributed by atoms with Gasteiger partial charge < -0.3 is 10.6 Å². The molecule has 1 aromatic rings. The first-order valence-electron chi connectivity index (χ1n) is 6.34. The molecule has 0 radical (unpaired) electrons. The summed E-state index contributed by atoms with van der Waals surface area (Å²) >= 11 is 0. The van der Waals surface area contributed by atoms with Gasteiger partial charge in [-0.3, -0.25) is 0 Å². The van der Waals surface area contributed by atoms with Crippen LogP contribution < -0.4 is 10.6 Å². The number of piperidine rings is 1. The highest BCUT2D eigenvalue weighted by Crippen LogP contribution is 2.26. The molecule has 0 aromatic heterocycles. The van der Waals surface area contributed by atoms with Crippen molar-refractivity contribution >= 4 is 5.69 Å². The molecule has 16 heavy (non-hydrogen) atoms. The third kappa shape index (κ3) is 2.56. The molecule has 1 aliphatic rings. The van der Waals surface area contributed by atoms with E-state index in [1.165, 1.54) is 37.2 Å². The SMILES string of the molecule is CC1CCCN(c2ccccc2CCN)C1. The minimum Gasteiger partial charge on any atom is -0.371 e. The molecule has 0 spiro atoms. The van der Waals surface area contributed by atoms with Crippen molar-refractivity contribution < 1.29 is 0 Å². The highest BCUT2D eigenvalue weighted by Gasteiger charge is 2.18. The third-order valence-corrected chi connectivity index (χ3v) is 3.40. The van der Waals surface area contributed by atoms with Gasteiger partial charge in [0.05, 0.1) is 0 Å². The second-order valence-electron chi connectivity index (χ2n) is 4.86. The minimum atomic E-state index is 0.737. The van der Waals surface area contributed by atoms with Crippen molar-refractivity contribution in [3.63, 3.8) is 0 Å². The molecule has 1 heterocycles. The van der Waals surface area contributed by atoms with Gasteiger partial charge in [0.2, 0.25) is 0 Å². The number of para-hydroxylation sites is 1. The van der Waals surface area contributed by atoms with Gasteiger partial charge in [0, 0.05) is 18.8 Å². The average molecular weight is 218 g/mol. The van der Waals surface area contributed by atoms with E-state index < -0.39 is 0 Å². The highest BCUT2D eigenvalue weighted by atomic mass is 15.1. The van der Waals surface area contributed by atoms with Crippen molar-refractivity contribution in [1.82, 2.24) is 0 Å². The Balaban J connectivity index is 2.17. The molecule has 0 bridgehead atoms. The van der Waals surface area contributed by atoms with E-state index in [1.54, 1.807) is 0 Å². The summed E-state index contributed by atoms with van der Waals surface area (Å²) in [6, 6.07) is 8.70. The molecule has 2 heteroatoms. The van der Waals surface area contributed by atoms with Gasteiger partial charge in [-0.1, -0.05) is 25.1 Å². The molecular weight excluding hydrogens is 196 g/mol. The number of anilines is 1. The average Bonchev–Trinajstić information content (AvgIpc) is 2.30. The van der Waals surface area contributed by atoms with Crippen molar-refractivity contribution in [3.05, 3.63) is 29.8 Å². The van der Waals surface area contributed by atoms with Crippen LogP contribution in [0.2, 0.25) is 0 Å². The normalized spacial score (nSPS) is 21.1. The van der Waals surface area contributed by atoms with E-state index >= 15 is 0 Å². The van der Waals surface area contributed by atoms with E-state index in [-0.39, 0.29) is 0 Å². The summed E-state index contributed by atoms with van der Waals surface area (Å²) in [5.41, 5.74) is 8.47. The maximum absolute atomic E-state index is 5.67. The van der Waals surface area contributed by atoms with Crippen molar-refractivity contribution in [3.8, 4) is 0 Å². The number of hydrogen-bond acceptors (Lipinski definition) is 2. The fourth-order valence-electron chi connectivity index (χ4n) is 2.59. The van der Waals surface area contributed by atoms with Crippen LogP contribution in [0, 0.1) is 5.92 Å². The Kier molecular flexibility index (Phi) is 3.83. The molecule has 2 nitrogen and oxygen atoms in total. The second kappa shape index (κ2) is 5.35. The molecule has 1 aliphatic heterocycles. The van der Waals surface area contributed by atoms with Gasteiger partial charge in [-0.05, 0) is 43.4 Å². The van der Waals surface area contributed by atoms with Crippen molar-refractivity contribution in [1.29, 1.82) is 0 Å². The monoisotopic (exact) mass is 218 g/mol. The molecule has 1 unspecified atom stereocenters. The van der Waals surface area contributed by atoms with Crippen LogP contribution in [-0.2, 0) is 6.42 Å². The second-order valence-corrected chi connectivity index (χ2v) is 4.86. The Morgan fingerprint density at radius 1 is 1.38 bits per heavy atom. The topological polar surface area (TPSA) is 29.3 Å². The Labute approximate surface area is 98.4 Å². The number of rotatable bonds is 3. The molecule has 0 aliphatic carbocycles. The van der Waals surface area contributed by atoms with Crippen LogP contribution in [-0.4, -0.2) is 19.6 Å². The maximum Gasteiger partial charge on any atom is 0.0399 e. The third-order valence-electron chi connectivity index (χ3n) is 3.40. The molecule has 0 amide bonds. The first kappa shape index (κ1) is 11.5. The number of benzene rings is 1. The van der Waals surface area contributed by atoms with Gasteiger partial charge in [-0.15, -0.1) is 0 Å². The van der Waals surface area contributed by atoms with Gasteiger partial charge in [-0.25, -0.2) is 0 Å². The lowest BCUT2D eigenvalue weighted by Gasteiger charge is -2.34. The van der Waals surface area contributed by atoms with Gasteiger partial charge in [0.1, 0.15) is 0 Å². The lowest BCUT2D eigenvalue weighted by molar-refractivity contribution is 0.446. The van der Waals surface area contributed by atoms with E-state index in [1.807, 2.05) is 0 Å². The molecule has 2 rings (SSSR count). The predicted molar refractivity (Wildman–Crippen MR) is 69.8 cm³/mol. The van der Waals surface area contributed by atoms with Crippen molar-refractivity contribution in [2.24, 2.45) is 11.7 Å². The molecular formula is C14H22N2. The van der Waals surface area contributed by atoms with Crippen LogP contribution in [0.3, 0.4) is 0 Å². The maximum atomic E-state index is 5.67. The quantitative estimate of drug-likeness (QED) is 0.844. The first-order chi connectivity index (χ1) is 7.81. The summed E-state index contributed by atoms with van der Waals surface area (Å²) in [6.07, 6.45) is 3.68.